The van der Waals surface area contributed by atoms with Gasteiger partial charge in [0.15, 0.2) is 0 Å². The number of anilines is 2. The highest BCUT2D eigenvalue weighted by Crippen LogP contribution is 2.18. The minimum absolute atomic E-state index is 0.853. The molecule has 1 N–H and O–H groups in total. The van der Waals surface area contributed by atoms with Gasteiger partial charge in [-0.2, -0.15) is 0 Å². The zero-order chi connectivity index (χ0) is 21.1. The number of hydrogen-bond donors (Lipinski definition) is 1. The van der Waals surface area contributed by atoms with Crippen LogP contribution < -0.4 is 4.90 Å². The van der Waals surface area contributed by atoms with Gasteiger partial charge < -0.3 is 9.88 Å². The lowest BCUT2D eigenvalue weighted by Crippen LogP contribution is -2.10. The highest BCUT2D eigenvalue weighted by Gasteiger charge is 2.03. The first-order valence-corrected chi connectivity index (χ1v) is 9.70. The van der Waals surface area contributed by atoms with E-state index in [9.17, 15) is 0 Å². The van der Waals surface area contributed by atoms with Crippen molar-refractivity contribution in [3.8, 4) is 0 Å². The molecule has 5 nitrogen and oxygen atoms in total. The van der Waals surface area contributed by atoms with Gasteiger partial charge in [0.25, 0.3) is 0 Å². The summed E-state index contributed by atoms with van der Waals surface area (Å²) in [6.07, 6.45) is 5.13. The maximum absolute atomic E-state index is 4.16. The molecule has 2 aromatic heterocycles. The summed E-state index contributed by atoms with van der Waals surface area (Å²) in [5, 5.41) is 0. The van der Waals surface area contributed by atoms with Gasteiger partial charge in [-0.15, -0.1) is 0 Å². The number of rotatable bonds is 2. The Kier molecular flexibility index (Phi) is 17.8. The quantitative estimate of drug-likeness (QED) is 0.570. The van der Waals surface area contributed by atoms with E-state index in [1.165, 1.54) is 0 Å². The molecule has 2 heterocycles. The minimum atomic E-state index is 0.853. The first-order valence-electron chi connectivity index (χ1n) is 9.70. The smallest absolute Gasteiger partial charge is 0.207 e. The first kappa shape index (κ1) is 26.5. The zero-order valence-corrected chi connectivity index (χ0v) is 18.5. The SMILES string of the molecule is CC.CC.CC.CN(c1ccccc1)c1ncc[nH]1.Cc1cc(C)ncn1. The fourth-order valence-corrected chi connectivity index (χ4v) is 1.80. The molecule has 0 aliphatic heterocycles. The molecule has 0 fully saturated rings. The van der Waals surface area contributed by atoms with Crippen LogP contribution >= 0.6 is 0 Å². The van der Waals surface area contributed by atoms with Crippen molar-refractivity contribution >= 4 is 11.6 Å². The molecule has 0 atom stereocenters. The number of aryl methyl sites for hydroxylation is 2. The number of H-pyrrole nitrogens is 1. The standard InChI is InChI=1S/C10H11N3.C6H8N2.3C2H6/c1-13(10-11-7-8-12-10)9-5-3-2-4-6-9;1-5-3-6(2)8-4-7-5;3*1-2/h2-8H,1H3,(H,11,12);3-4H,1-2H3;3*1-2H3. The third-order valence-corrected chi connectivity index (χ3v) is 2.89. The van der Waals surface area contributed by atoms with E-state index in [1.54, 1.807) is 12.5 Å². The van der Waals surface area contributed by atoms with Crippen LogP contribution in [0.15, 0.2) is 55.1 Å². The van der Waals surface area contributed by atoms with Crippen molar-refractivity contribution in [1.82, 2.24) is 19.9 Å². The lowest BCUT2D eigenvalue weighted by Gasteiger charge is -2.15. The van der Waals surface area contributed by atoms with E-state index in [0.717, 1.165) is 23.0 Å². The summed E-state index contributed by atoms with van der Waals surface area (Å²) in [7, 11) is 1.98. The summed E-state index contributed by atoms with van der Waals surface area (Å²) >= 11 is 0. The minimum Gasteiger partial charge on any atom is -0.331 e. The lowest BCUT2D eigenvalue weighted by molar-refractivity contribution is 1.05. The van der Waals surface area contributed by atoms with Gasteiger partial charge >= 0.3 is 0 Å². The monoisotopic (exact) mass is 371 g/mol. The second-order valence-electron chi connectivity index (χ2n) is 4.61. The number of imidazole rings is 1. The second kappa shape index (κ2) is 18.1. The topological polar surface area (TPSA) is 57.7 Å². The maximum Gasteiger partial charge on any atom is 0.207 e. The van der Waals surface area contributed by atoms with Crippen LogP contribution in [0.5, 0.6) is 0 Å². The Balaban J connectivity index is 0. The van der Waals surface area contributed by atoms with Crippen LogP contribution in [0.3, 0.4) is 0 Å². The molecular weight excluding hydrogens is 334 g/mol. The number of nitrogens with zero attached hydrogens (tertiary/aromatic N) is 4. The Morgan fingerprint density at radius 3 is 1.67 bits per heavy atom. The van der Waals surface area contributed by atoms with Crippen LogP contribution in [-0.2, 0) is 0 Å². The third kappa shape index (κ3) is 11.5. The molecule has 0 bridgehead atoms. The van der Waals surface area contributed by atoms with Crippen LogP contribution in [0.25, 0.3) is 0 Å². The molecule has 0 unspecified atom stereocenters. The Hall–Kier alpha value is -2.69. The van der Waals surface area contributed by atoms with Gasteiger partial charge in [-0.05, 0) is 32.0 Å². The van der Waals surface area contributed by atoms with Crippen molar-refractivity contribution in [2.75, 3.05) is 11.9 Å². The molecule has 27 heavy (non-hydrogen) atoms. The summed E-state index contributed by atoms with van der Waals surface area (Å²) in [4.78, 5) is 17.1. The van der Waals surface area contributed by atoms with E-state index in [1.807, 2.05) is 110 Å². The molecule has 3 rings (SSSR count). The molecule has 150 valence electrons. The third-order valence-electron chi connectivity index (χ3n) is 2.89. The molecule has 0 saturated heterocycles. The van der Waals surface area contributed by atoms with Crippen LogP contribution in [0, 0.1) is 13.8 Å². The van der Waals surface area contributed by atoms with Crippen LogP contribution in [0.1, 0.15) is 52.9 Å². The van der Waals surface area contributed by atoms with Gasteiger partial charge in [-0.3, -0.25) is 0 Å². The Labute approximate surface area is 165 Å². The van der Waals surface area contributed by atoms with Crippen molar-refractivity contribution in [2.45, 2.75) is 55.4 Å². The molecule has 0 aliphatic rings. The molecule has 1 aromatic carbocycles. The van der Waals surface area contributed by atoms with Gasteiger partial charge in [-0.1, -0.05) is 59.7 Å². The first-order chi connectivity index (χ1) is 13.2. The fourth-order valence-electron chi connectivity index (χ4n) is 1.80. The van der Waals surface area contributed by atoms with E-state index in [4.69, 9.17) is 0 Å². The fraction of sp³-hybridized carbons (Fsp3) is 0.409. The van der Waals surface area contributed by atoms with Gasteiger partial charge in [0.2, 0.25) is 5.95 Å². The Morgan fingerprint density at radius 1 is 0.778 bits per heavy atom. The maximum atomic E-state index is 4.16. The number of aromatic nitrogens is 4. The summed E-state index contributed by atoms with van der Waals surface area (Å²) in [5.41, 5.74) is 3.17. The molecular formula is C22H37N5. The lowest BCUT2D eigenvalue weighted by atomic mass is 10.3. The summed E-state index contributed by atoms with van der Waals surface area (Å²) < 4.78 is 0. The van der Waals surface area contributed by atoms with Crippen molar-refractivity contribution in [3.63, 3.8) is 0 Å². The summed E-state index contributed by atoms with van der Waals surface area (Å²) in [6, 6.07) is 12.0. The molecule has 0 saturated carbocycles. The second-order valence-corrected chi connectivity index (χ2v) is 4.61. The van der Waals surface area contributed by atoms with Crippen molar-refractivity contribution in [1.29, 1.82) is 0 Å². The number of nitrogens with one attached hydrogen (secondary N) is 1. The number of benzene rings is 1. The molecule has 0 radical (unpaired) electrons. The molecule has 0 amide bonds. The molecule has 0 aliphatic carbocycles. The van der Waals surface area contributed by atoms with Gasteiger partial charge in [0.1, 0.15) is 6.33 Å². The van der Waals surface area contributed by atoms with Crippen LogP contribution in [-0.4, -0.2) is 27.0 Å². The van der Waals surface area contributed by atoms with Gasteiger partial charge in [-0.25, -0.2) is 15.0 Å². The van der Waals surface area contributed by atoms with Crippen LogP contribution in [0.4, 0.5) is 11.6 Å². The van der Waals surface area contributed by atoms with E-state index >= 15 is 0 Å². The highest BCUT2D eigenvalue weighted by molar-refractivity contribution is 5.55. The number of hydrogen-bond acceptors (Lipinski definition) is 4. The van der Waals surface area contributed by atoms with Gasteiger partial charge in [0.05, 0.1) is 0 Å². The molecule has 3 aromatic rings. The van der Waals surface area contributed by atoms with Crippen molar-refractivity contribution < 1.29 is 0 Å². The predicted octanol–water partition coefficient (Wildman–Crippen LogP) is 6.35. The average Bonchev–Trinajstić information content (AvgIpc) is 3.28. The van der Waals surface area contributed by atoms with Crippen LogP contribution in [0.2, 0.25) is 0 Å². The average molecular weight is 372 g/mol. The van der Waals surface area contributed by atoms with Gasteiger partial charge in [0, 0.05) is 36.5 Å². The van der Waals surface area contributed by atoms with E-state index in [0.29, 0.717) is 0 Å². The number of para-hydroxylation sites is 1. The summed E-state index contributed by atoms with van der Waals surface area (Å²) in [5.74, 6) is 0.853. The van der Waals surface area contributed by atoms with E-state index in [-0.39, 0.29) is 0 Å². The van der Waals surface area contributed by atoms with Crippen molar-refractivity contribution in [2.24, 2.45) is 0 Å². The Morgan fingerprint density at radius 2 is 1.30 bits per heavy atom. The Bertz CT molecular complexity index is 634. The molecule has 0 spiro atoms. The molecule has 5 heteroatoms. The summed E-state index contributed by atoms with van der Waals surface area (Å²) in [6.45, 7) is 15.9. The van der Waals surface area contributed by atoms with Crippen molar-refractivity contribution in [3.05, 3.63) is 66.5 Å². The highest BCUT2D eigenvalue weighted by atomic mass is 15.2. The largest absolute Gasteiger partial charge is 0.331 e. The zero-order valence-electron chi connectivity index (χ0n) is 18.5. The van der Waals surface area contributed by atoms with E-state index < -0.39 is 0 Å². The predicted molar refractivity (Wildman–Crippen MR) is 119 cm³/mol. The normalized spacial score (nSPS) is 8.19. The van der Waals surface area contributed by atoms with E-state index in [2.05, 4.69) is 19.9 Å². The number of aromatic amines is 1.